The summed E-state index contributed by atoms with van der Waals surface area (Å²) < 4.78 is 112. The van der Waals surface area contributed by atoms with Crippen molar-refractivity contribution in [3.8, 4) is 0 Å². The van der Waals surface area contributed by atoms with Gasteiger partial charge in [0.05, 0.1) is 29.5 Å². The van der Waals surface area contributed by atoms with Gasteiger partial charge in [0.15, 0.2) is 0 Å². The van der Waals surface area contributed by atoms with Gasteiger partial charge in [-0.05, 0) is 55.7 Å². The number of halogens is 6. The van der Waals surface area contributed by atoms with E-state index in [9.17, 15) is 39.6 Å². The van der Waals surface area contributed by atoms with Crippen molar-refractivity contribution in [1.29, 1.82) is 0 Å². The first-order valence-corrected chi connectivity index (χ1v) is 13.1. The lowest BCUT2D eigenvalue weighted by Crippen LogP contribution is -2.34. The average molecular weight is 555 g/mol. The maximum absolute atomic E-state index is 13.4. The van der Waals surface area contributed by atoms with Crippen molar-refractivity contribution >= 4 is 21.8 Å². The molecule has 0 fully saturated rings. The van der Waals surface area contributed by atoms with Crippen LogP contribution in [0.4, 0.5) is 36.8 Å². The molecule has 0 radical (unpaired) electrons. The highest BCUT2D eigenvalue weighted by atomic mass is 32.2. The number of ether oxygens (including phenoxy) is 1. The van der Waals surface area contributed by atoms with Gasteiger partial charge in [0.1, 0.15) is 0 Å². The smallest absolute Gasteiger partial charge is 0.416 e. The number of rotatable bonds is 9. The van der Waals surface area contributed by atoms with Gasteiger partial charge < -0.3 is 4.74 Å². The second-order valence-corrected chi connectivity index (χ2v) is 10.6. The molecule has 37 heavy (non-hydrogen) atoms. The minimum Gasteiger partial charge on any atom is -0.447 e. The number of hydrogen-bond acceptors (Lipinski definition) is 4. The quantitative estimate of drug-likeness (QED) is 0.339. The number of sulfonamides is 1. The van der Waals surface area contributed by atoms with Gasteiger partial charge >= 0.3 is 18.4 Å². The van der Waals surface area contributed by atoms with Gasteiger partial charge in [-0.15, -0.1) is 0 Å². The van der Waals surface area contributed by atoms with Gasteiger partial charge in [0, 0.05) is 12.2 Å². The van der Waals surface area contributed by atoms with E-state index >= 15 is 0 Å². The summed E-state index contributed by atoms with van der Waals surface area (Å²) in [4.78, 5) is 12.2. The molecule has 1 unspecified atom stereocenters. The predicted octanol–water partition coefficient (Wildman–Crippen LogP) is 6.98. The molecular weight excluding hydrogens is 526 g/mol. The fourth-order valence-electron chi connectivity index (χ4n) is 3.73. The molecule has 13 heteroatoms. The number of nitrogens with one attached hydrogen (secondary N) is 1. The van der Waals surface area contributed by atoms with E-state index in [0.717, 1.165) is 10.6 Å². The topological polar surface area (TPSA) is 75.7 Å². The number of anilines is 1. The largest absolute Gasteiger partial charge is 0.447 e. The Labute approximate surface area is 211 Å². The molecule has 0 spiro atoms. The maximum Gasteiger partial charge on any atom is 0.416 e. The maximum atomic E-state index is 13.4. The van der Waals surface area contributed by atoms with E-state index in [0.29, 0.717) is 24.1 Å². The van der Waals surface area contributed by atoms with Crippen LogP contribution in [0.1, 0.15) is 61.9 Å². The molecule has 0 bridgehead atoms. The molecule has 2 rings (SSSR count). The van der Waals surface area contributed by atoms with Crippen LogP contribution in [-0.4, -0.2) is 31.2 Å². The Balaban J connectivity index is 2.62. The summed E-state index contributed by atoms with van der Waals surface area (Å²) in [5, 5.41) is 2.53. The van der Waals surface area contributed by atoms with Crippen LogP contribution in [0.25, 0.3) is 0 Å². The lowest BCUT2D eigenvalue weighted by molar-refractivity contribution is -0.143. The van der Waals surface area contributed by atoms with Gasteiger partial charge in [-0.2, -0.15) is 30.6 Å². The van der Waals surface area contributed by atoms with Crippen molar-refractivity contribution in [3.05, 3.63) is 64.7 Å². The zero-order chi connectivity index (χ0) is 28.2. The highest BCUT2D eigenvalue weighted by Crippen LogP contribution is 2.39. The van der Waals surface area contributed by atoms with Crippen molar-refractivity contribution in [2.45, 2.75) is 64.7 Å². The predicted molar refractivity (Wildman–Crippen MR) is 126 cm³/mol. The lowest BCUT2D eigenvalue weighted by Gasteiger charge is -2.31. The summed E-state index contributed by atoms with van der Waals surface area (Å²) in [6, 6.07) is 6.13. The van der Waals surface area contributed by atoms with E-state index in [1.54, 1.807) is 32.9 Å². The normalized spacial score (nSPS) is 13.6. The molecular formula is C24H28F6N2O4S. The Kier molecular flexibility index (Phi) is 9.64. The van der Waals surface area contributed by atoms with E-state index in [2.05, 4.69) is 5.32 Å². The van der Waals surface area contributed by atoms with Gasteiger partial charge in [0.25, 0.3) is 0 Å². The third kappa shape index (κ3) is 8.63. The number of nitrogens with zero attached hydrogens (tertiary/aromatic N) is 1. The van der Waals surface area contributed by atoms with E-state index in [1.807, 2.05) is 0 Å². The average Bonchev–Trinajstić information content (AvgIpc) is 2.74. The van der Waals surface area contributed by atoms with Crippen LogP contribution in [0, 0.1) is 0 Å². The zero-order valence-corrected chi connectivity index (χ0v) is 21.4. The third-order valence-electron chi connectivity index (χ3n) is 5.22. The van der Waals surface area contributed by atoms with Crippen LogP contribution >= 0.6 is 0 Å². The molecule has 0 saturated carbocycles. The molecule has 2 aromatic rings. The molecule has 1 atom stereocenters. The van der Waals surface area contributed by atoms with Crippen LogP contribution in [0.2, 0.25) is 0 Å². The van der Waals surface area contributed by atoms with Gasteiger partial charge in [-0.1, -0.05) is 31.5 Å². The molecule has 2 aromatic carbocycles. The molecule has 206 valence electrons. The van der Waals surface area contributed by atoms with E-state index in [1.165, 1.54) is 12.1 Å². The van der Waals surface area contributed by atoms with Crippen molar-refractivity contribution < 1.29 is 44.3 Å². The SMILES string of the molecule is CCCC(c1ccccc1NC(=O)OC(C)C)N(Cc1cc(C(F)(F)F)cc(C(F)(F)F)c1)S(C)(=O)=O. The molecule has 1 N–H and O–H groups in total. The molecule has 0 heterocycles. The third-order valence-corrected chi connectivity index (χ3v) is 6.46. The van der Waals surface area contributed by atoms with Crippen LogP contribution < -0.4 is 5.32 Å². The second kappa shape index (κ2) is 11.7. The van der Waals surface area contributed by atoms with Crippen molar-refractivity contribution in [1.82, 2.24) is 4.31 Å². The number of hydrogen-bond donors (Lipinski definition) is 1. The minimum absolute atomic E-state index is 0.0165. The Morgan fingerprint density at radius 1 is 1.00 bits per heavy atom. The summed E-state index contributed by atoms with van der Waals surface area (Å²) in [6.45, 7) is 4.23. The summed E-state index contributed by atoms with van der Waals surface area (Å²) in [5.41, 5.74) is -3.08. The number of carbonyl (C=O) groups is 1. The first-order valence-electron chi connectivity index (χ1n) is 11.2. The Hall–Kier alpha value is -2.80. The van der Waals surface area contributed by atoms with Crippen LogP contribution in [0.5, 0.6) is 0 Å². The molecule has 0 saturated heterocycles. The fourth-order valence-corrected chi connectivity index (χ4v) is 4.80. The molecule has 6 nitrogen and oxygen atoms in total. The summed E-state index contributed by atoms with van der Waals surface area (Å²) in [6.07, 6.45) is -10.0. The molecule has 0 aliphatic heterocycles. The zero-order valence-electron chi connectivity index (χ0n) is 20.6. The van der Waals surface area contributed by atoms with Gasteiger partial charge in [0.2, 0.25) is 10.0 Å². The number of amides is 1. The summed E-state index contributed by atoms with van der Waals surface area (Å²) in [5.74, 6) is 0. The Morgan fingerprint density at radius 3 is 2.00 bits per heavy atom. The van der Waals surface area contributed by atoms with Gasteiger partial charge in [-0.25, -0.2) is 13.2 Å². The second-order valence-electron chi connectivity index (χ2n) is 8.69. The Morgan fingerprint density at radius 2 is 1.54 bits per heavy atom. The van der Waals surface area contributed by atoms with Crippen molar-refractivity contribution in [2.75, 3.05) is 11.6 Å². The first-order chi connectivity index (χ1) is 16.9. The molecule has 1 amide bonds. The van der Waals surface area contributed by atoms with E-state index in [-0.39, 0.29) is 18.2 Å². The molecule has 0 aromatic heterocycles. The standard InChI is InChI=1S/C24H28F6N2O4S/c1-5-8-21(19-9-6-7-10-20(19)31-22(33)36-15(2)3)32(37(4,34)35)14-16-11-17(23(25,26)27)13-18(12-16)24(28,29)30/h6-7,9-13,15,21H,5,8,14H2,1-4H3,(H,31,33). The van der Waals surface area contributed by atoms with Crippen LogP contribution in [0.15, 0.2) is 42.5 Å². The minimum atomic E-state index is -5.08. The highest BCUT2D eigenvalue weighted by Gasteiger charge is 2.38. The van der Waals surface area contributed by atoms with Gasteiger partial charge in [-0.3, -0.25) is 5.32 Å². The number of para-hydroxylation sites is 1. The monoisotopic (exact) mass is 554 g/mol. The van der Waals surface area contributed by atoms with Crippen LogP contribution in [-0.2, 0) is 33.7 Å². The van der Waals surface area contributed by atoms with E-state index in [4.69, 9.17) is 4.74 Å². The number of alkyl halides is 6. The van der Waals surface area contributed by atoms with Crippen molar-refractivity contribution in [3.63, 3.8) is 0 Å². The fraction of sp³-hybridized carbons (Fsp3) is 0.458. The summed E-state index contributed by atoms with van der Waals surface area (Å²) in [7, 11) is -4.17. The van der Waals surface area contributed by atoms with Crippen LogP contribution in [0.3, 0.4) is 0 Å². The van der Waals surface area contributed by atoms with E-state index < -0.39 is 63.9 Å². The molecule has 0 aliphatic carbocycles. The Bertz CT molecular complexity index is 1160. The number of carbonyl (C=O) groups excluding carboxylic acids is 1. The highest BCUT2D eigenvalue weighted by molar-refractivity contribution is 7.88. The van der Waals surface area contributed by atoms with Crippen molar-refractivity contribution in [2.24, 2.45) is 0 Å². The first kappa shape index (κ1) is 30.4. The number of benzene rings is 2. The molecule has 0 aliphatic rings. The summed E-state index contributed by atoms with van der Waals surface area (Å²) >= 11 is 0. The lowest BCUT2D eigenvalue weighted by atomic mass is 9.99.